The molecule has 0 saturated carbocycles. The number of ketones is 2. The van der Waals surface area contributed by atoms with E-state index in [1.165, 1.54) is 13.0 Å². The van der Waals surface area contributed by atoms with Crippen LogP contribution in [0.4, 0.5) is 0 Å². The summed E-state index contributed by atoms with van der Waals surface area (Å²) in [5.41, 5.74) is 2.38. The fraction of sp³-hybridized carbons (Fsp3) is 0.235. The Kier molecular flexibility index (Phi) is 4.88. The quantitative estimate of drug-likeness (QED) is 0.624. The number of hydrogen-bond donors (Lipinski definition) is 0. The SMILES string of the molecule is CC(=O)c1ccc(C(=O)OCC(=O)c2cc(C)ccc2C)s1. The highest BCUT2D eigenvalue weighted by Crippen LogP contribution is 2.18. The van der Waals surface area contributed by atoms with Crippen LogP contribution in [0.2, 0.25) is 0 Å². The number of rotatable bonds is 5. The van der Waals surface area contributed by atoms with Gasteiger partial charge in [0, 0.05) is 5.56 Å². The largest absolute Gasteiger partial charge is 0.453 e. The lowest BCUT2D eigenvalue weighted by atomic mass is 10.0. The minimum atomic E-state index is -0.587. The van der Waals surface area contributed by atoms with Crippen LogP contribution in [0, 0.1) is 13.8 Å². The summed E-state index contributed by atoms with van der Waals surface area (Å²) in [4.78, 5) is 36.0. The first-order chi connectivity index (χ1) is 10.4. The Morgan fingerprint density at radius 1 is 1.05 bits per heavy atom. The zero-order valence-electron chi connectivity index (χ0n) is 12.6. The first-order valence-electron chi connectivity index (χ1n) is 6.77. The topological polar surface area (TPSA) is 60.4 Å². The predicted molar refractivity (Wildman–Crippen MR) is 84.9 cm³/mol. The van der Waals surface area contributed by atoms with Crippen molar-refractivity contribution >= 4 is 28.9 Å². The summed E-state index contributed by atoms with van der Waals surface area (Å²) in [7, 11) is 0. The van der Waals surface area contributed by atoms with Crippen molar-refractivity contribution in [2.45, 2.75) is 20.8 Å². The van der Waals surface area contributed by atoms with Gasteiger partial charge in [0.25, 0.3) is 0 Å². The number of carbonyl (C=O) groups excluding carboxylic acids is 3. The summed E-state index contributed by atoms with van der Waals surface area (Å²) in [5.74, 6) is -0.926. The van der Waals surface area contributed by atoms with Gasteiger partial charge in [-0.15, -0.1) is 11.3 Å². The lowest BCUT2D eigenvalue weighted by molar-refractivity contribution is 0.0479. The minimum absolute atomic E-state index is 0.101. The molecule has 0 aliphatic carbocycles. The maximum absolute atomic E-state index is 12.1. The van der Waals surface area contributed by atoms with Crippen LogP contribution < -0.4 is 0 Å². The number of benzene rings is 1. The monoisotopic (exact) mass is 316 g/mol. The third-order valence-electron chi connectivity index (χ3n) is 3.18. The van der Waals surface area contributed by atoms with Crippen LogP contribution in [0.25, 0.3) is 0 Å². The molecule has 0 bridgehead atoms. The molecule has 2 aromatic rings. The number of esters is 1. The highest BCUT2D eigenvalue weighted by atomic mass is 32.1. The summed E-state index contributed by atoms with van der Waals surface area (Å²) < 4.78 is 5.04. The van der Waals surface area contributed by atoms with Crippen LogP contribution in [-0.2, 0) is 4.74 Å². The molecule has 114 valence electrons. The van der Waals surface area contributed by atoms with Crippen LogP contribution in [0.1, 0.15) is 47.8 Å². The normalized spacial score (nSPS) is 10.3. The maximum Gasteiger partial charge on any atom is 0.348 e. The first-order valence-corrected chi connectivity index (χ1v) is 7.58. The standard InChI is InChI=1S/C17H16O4S/c1-10-4-5-11(2)13(8-10)14(19)9-21-17(20)16-7-6-15(22-16)12(3)18/h4-8H,9H2,1-3H3. The molecular formula is C17H16O4S. The Labute approximate surface area is 132 Å². The lowest BCUT2D eigenvalue weighted by Crippen LogP contribution is -2.14. The van der Waals surface area contributed by atoms with Crippen molar-refractivity contribution in [3.63, 3.8) is 0 Å². The molecule has 1 aromatic carbocycles. The van der Waals surface area contributed by atoms with Gasteiger partial charge in [-0.05, 0) is 44.5 Å². The summed E-state index contributed by atoms with van der Waals surface area (Å²) in [6, 6.07) is 8.68. The molecule has 4 nitrogen and oxygen atoms in total. The molecule has 0 N–H and O–H groups in total. The van der Waals surface area contributed by atoms with Crippen LogP contribution in [-0.4, -0.2) is 24.1 Å². The number of ether oxygens (including phenoxy) is 1. The van der Waals surface area contributed by atoms with Gasteiger partial charge in [0.1, 0.15) is 4.88 Å². The molecular weight excluding hydrogens is 300 g/mol. The van der Waals surface area contributed by atoms with E-state index in [0.29, 0.717) is 15.3 Å². The van der Waals surface area contributed by atoms with E-state index in [4.69, 9.17) is 4.74 Å². The molecule has 0 amide bonds. The van der Waals surface area contributed by atoms with E-state index >= 15 is 0 Å². The zero-order chi connectivity index (χ0) is 16.3. The van der Waals surface area contributed by atoms with Crippen LogP contribution >= 0.6 is 11.3 Å². The number of hydrogen-bond acceptors (Lipinski definition) is 5. The molecule has 0 atom stereocenters. The zero-order valence-corrected chi connectivity index (χ0v) is 13.5. The molecule has 1 heterocycles. The van der Waals surface area contributed by atoms with E-state index in [-0.39, 0.29) is 18.2 Å². The Morgan fingerprint density at radius 3 is 2.36 bits per heavy atom. The summed E-state index contributed by atoms with van der Waals surface area (Å²) in [5, 5.41) is 0. The van der Waals surface area contributed by atoms with Crippen molar-refractivity contribution in [1.29, 1.82) is 0 Å². The van der Waals surface area contributed by atoms with Crippen molar-refractivity contribution < 1.29 is 19.1 Å². The van der Waals surface area contributed by atoms with Gasteiger partial charge < -0.3 is 4.74 Å². The number of Topliss-reactive ketones (excluding diaryl/α,β-unsaturated/α-hetero) is 2. The Morgan fingerprint density at radius 2 is 1.73 bits per heavy atom. The van der Waals surface area contributed by atoms with Crippen molar-refractivity contribution in [3.8, 4) is 0 Å². The Hall–Kier alpha value is -2.27. The highest BCUT2D eigenvalue weighted by molar-refractivity contribution is 7.15. The average molecular weight is 316 g/mol. The summed E-state index contributed by atoms with van der Waals surface area (Å²) in [6.45, 7) is 4.87. The molecule has 0 aliphatic rings. The van der Waals surface area contributed by atoms with Crippen molar-refractivity contribution in [2.75, 3.05) is 6.61 Å². The van der Waals surface area contributed by atoms with E-state index in [1.54, 1.807) is 12.1 Å². The molecule has 0 spiro atoms. The second-order valence-electron chi connectivity index (χ2n) is 5.04. The smallest absolute Gasteiger partial charge is 0.348 e. The molecule has 0 aliphatic heterocycles. The molecule has 5 heteroatoms. The van der Waals surface area contributed by atoms with Crippen molar-refractivity contribution in [1.82, 2.24) is 0 Å². The van der Waals surface area contributed by atoms with Crippen molar-refractivity contribution in [3.05, 3.63) is 56.8 Å². The molecule has 1 aromatic heterocycles. The number of carbonyl (C=O) groups is 3. The minimum Gasteiger partial charge on any atom is -0.453 e. The van der Waals surface area contributed by atoms with Crippen LogP contribution in [0.3, 0.4) is 0 Å². The van der Waals surface area contributed by atoms with Gasteiger partial charge in [-0.1, -0.05) is 17.7 Å². The molecule has 0 unspecified atom stereocenters. The van der Waals surface area contributed by atoms with Gasteiger partial charge in [-0.25, -0.2) is 4.79 Å². The van der Waals surface area contributed by atoms with Gasteiger partial charge in [0.2, 0.25) is 5.78 Å². The van der Waals surface area contributed by atoms with Gasteiger partial charge >= 0.3 is 5.97 Å². The second kappa shape index (κ2) is 6.66. The van der Waals surface area contributed by atoms with E-state index in [9.17, 15) is 14.4 Å². The molecule has 0 radical (unpaired) electrons. The van der Waals surface area contributed by atoms with Crippen LogP contribution in [0.15, 0.2) is 30.3 Å². The highest BCUT2D eigenvalue weighted by Gasteiger charge is 2.16. The van der Waals surface area contributed by atoms with Gasteiger partial charge in [-0.3, -0.25) is 9.59 Å². The Bertz CT molecular complexity index is 743. The number of aryl methyl sites for hydroxylation is 2. The van der Waals surface area contributed by atoms with E-state index in [1.807, 2.05) is 26.0 Å². The third kappa shape index (κ3) is 3.68. The third-order valence-corrected chi connectivity index (χ3v) is 4.35. The van der Waals surface area contributed by atoms with Gasteiger partial charge in [0.05, 0.1) is 4.88 Å². The van der Waals surface area contributed by atoms with E-state index in [0.717, 1.165) is 22.5 Å². The molecule has 2 rings (SSSR count). The fourth-order valence-electron chi connectivity index (χ4n) is 1.95. The fourth-order valence-corrected chi connectivity index (χ4v) is 2.75. The second-order valence-corrected chi connectivity index (χ2v) is 6.12. The summed E-state index contributed by atoms with van der Waals surface area (Å²) >= 11 is 1.07. The van der Waals surface area contributed by atoms with Crippen molar-refractivity contribution in [2.24, 2.45) is 0 Å². The molecule has 0 saturated heterocycles. The summed E-state index contributed by atoms with van der Waals surface area (Å²) in [6.07, 6.45) is 0. The van der Waals surface area contributed by atoms with E-state index < -0.39 is 5.97 Å². The van der Waals surface area contributed by atoms with Crippen LogP contribution in [0.5, 0.6) is 0 Å². The first kappa shape index (κ1) is 16.1. The van der Waals surface area contributed by atoms with Gasteiger partial charge in [0.15, 0.2) is 12.4 Å². The average Bonchev–Trinajstić information content (AvgIpc) is 2.97. The lowest BCUT2D eigenvalue weighted by Gasteiger charge is -2.06. The number of thiophene rings is 1. The Balaban J connectivity index is 2.02. The molecule has 0 fully saturated rings. The molecule has 22 heavy (non-hydrogen) atoms. The predicted octanol–water partition coefficient (Wildman–Crippen LogP) is 3.61. The van der Waals surface area contributed by atoms with E-state index in [2.05, 4.69) is 0 Å². The van der Waals surface area contributed by atoms with Gasteiger partial charge in [-0.2, -0.15) is 0 Å². The maximum atomic E-state index is 12.1.